The zero-order valence-electron chi connectivity index (χ0n) is 19.7. The Morgan fingerprint density at radius 2 is 1.03 bits per heavy atom. The Morgan fingerprint density at radius 3 is 1.43 bits per heavy atom. The predicted octanol–water partition coefficient (Wildman–Crippen LogP) is 4.55. The van der Waals surface area contributed by atoms with Gasteiger partial charge in [-0.2, -0.15) is 0 Å². The SMILES string of the molecule is O=C(NCc1ccccc1)c1cc(OBOc2ccc(F)c(C(=O)NCc3ccccc3)c2)ccc1F. The van der Waals surface area contributed by atoms with Crippen LogP contribution in [0, 0.1) is 11.6 Å². The second kappa shape index (κ2) is 12.3. The number of carbonyl (C=O) groups is 2. The molecule has 2 amide bonds. The highest BCUT2D eigenvalue weighted by Crippen LogP contribution is 2.19. The van der Waals surface area contributed by atoms with E-state index < -0.39 is 23.4 Å². The molecule has 0 aliphatic rings. The van der Waals surface area contributed by atoms with Gasteiger partial charge < -0.3 is 19.9 Å². The molecule has 0 unspecified atom stereocenters. The van der Waals surface area contributed by atoms with Crippen LogP contribution in [0.2, 0.25) is 0 Å². The lowest BCUT2D eigenvalue weighted by Crippen LogP contribution is -2.24. The summed E-state index contributed by atoms with van der Waals surface area (Å²) in [5.41, 5.74) is 1.41. The van der Waals surface area contributed by atoms with E-state index in [0.717, 1.165) is 23.3 Å². The highest BCUT2D eigenvalue weighted by molar-refractivity contribution is 6.20. The van der Waals surface area contributed by atoms with Crippen LogP contribution in [0.5, 0.6) is 11.5 Å². The minimum atomic E-state index is -0.691. The molecule has 4 aromatic carbocycles. The molecule has 0 saturated carbocycles. The van der Waals surface area contributed by atoms with Crippen LogP contribution in [0.3, 0.4) is 0 Å². The molecule has 0 atom stereocenters. The minimum absolute atomic E-state index is 0.174. The van der Waals surface area contributed by atoms with Crippen LogP contribution in [0.4, 0.5) is 8.78 Å². The van der Waals surface area contributed by atoms with Gasteiger partial charge in [-0.05, 0) is 47.5 Å². The molecule has 0 fully saturated rings. The number of halogens is 2. The third-order valence-electron chi connectivity index (χ3n) is 5.41. The molecule has 4 aromatic rings. The number of rotatable bonds is 10. The molecule has 37 heavy (non-hydrogen) atoms. The summed E-state index contributed by atoms with van der Waals surface area (Å²) in [6.45, 7) is 0.498. The number of hydrogen-bond acceptors (Lipinski definition) is 4. The van der Waals surface area contributed by atoms with Crippen LogP contribution >= 0.6 is 0 Å². The lowest BCUT2D eigenvalue weighted by molar-refractivity contribution is 0.0938. The van der Waals surface area contributed by atoms with Gasteiger partial charge in [0.05, 0.1) is 11.1 Å². The molecule has 186 valence electrons. The van der Waals surface area contributed by atoms with Crippen LogP contribution in [-0.2, 0) is 13.1 Å². The zero-order chi connectivity index (χ0) is 26.0. The molecule has 0 heterocycles. The van der Waals surface area contributed by atoms with Crippen LogP contribution in [-0.4, -0.2) is 19.5 Å². The zero-order valence-corrected chi connectivity index (χ0v) is 19.7. The van der Waals surface area contributed by atoms with E-state index in [2.05, 4.69) is 10.6 Å². The third-order valence-corrected chi connectivity index (χ3v) is 5.41. The van der Waals surface area contributed by atoms with Gasteiger partial charge in [0.15, 0.2) is 0 Å². The van der Waals surface area contributed by atoms with Gasteiger partial charge in [-0.3, -0.25) is 9.59 Å². The van der Waals surface area contributed by atoms with Crippen LogP contribution in [0.1, 0.15) is 31.8 Å². The Bertz CT molecular complexity index is 1270. The minimum Gasteiger partial charge on any atom is -0.528 e. The van der Waals surface area contributed by atoms with E-state index in [-0.39, 0.29) is 43.4 Å². The lowest BCUT2D eigenvalue weighted by atomic mass is 10.1. The molecule has 0 aliphatic carbocycles. The number of nitrogens with one attached hydrogen (secondary N) is 2. The van der Waals surface area contributed by atoms with E-state index in [0.29, 0.717) is 0 Å². The lowest BCUT2D eigenvalue weighted by Gasteiger charge is -2.11. The summed E-state index contributed by atoms with van der Waals surface area (Å²) < 4.78 is 39.5. The van der Waals surface area contributed by atoms with Gasteiger partial charge in [-0.1, -0.05) is 60.7 Å². The van der Waals surface area contributed by atoms with Crippen molar-refractivity contribution in [2.75, 3.05) is 0 Å². The molecule has 4 rings (SSSR count). The summed E-state index contributed by atoms with van der Waals surface area (Å²) in [6, 6.07) is 26.0. The monoisotopic (exact) mass is 500 g/mol. The number of benzene rings is 4. The van der Waals surface area contributed by atoms with Gasteiger partial charge in [0.1, 0.15) is 23.1 Å². The van der Waals surface area contributed by atoms with Gasteiger partial charge in [-0.15, -0.1) is 0 Å². The summed E-state index contributed by atoms with van der Waals surface area (Å²) in [4.78, 5) is 24.9. The molecule has 0 radical (unpaired) electrons. The van der Waals surface area contributed by atoms with Crippen LogP contribution in [0.15, 0.2) is 97.1 Å². The second-order valence-electron chi connectivity index (χ2n) is 8.03. The molecule has 2 N–H and O–H groups in total. The maximum Gasteiger partial charge on any atom is 0.576 e. The largest absolute Gasteiger partial charge is 0.576 e. The van der Waals surface area contributed by atoms with Gasteiger partial charge in [-0.25, -0.2) is 8.78 Å². The van der Waals surface area contributed by atoms with Crippen molar-refractivity contribution in [1.29, 1.82) is 0 Å². The Labute approximate surface area is 213 Å². The first kappa shape index (κ1) is 25.4. The average Bonchev–Trinajstić information content (AvgIpc) is 2.93. The molecule has 0 aromatic heterocycles. The highest BCUT2D eigenvalue weighted by atomic mass is 19.1. The Kier molecular flexibility index (Phi) is 8.49. The molecule has 0 saturated heterocycles. The van der Waals surface area contributed by atoms with E-state index in [9.17, 15) is 18.4 Å². The molecule has 0 aliphatic heterocycles. The van der Waals surface area contributed by atoms with Gasteiger partial charge in [0.2, 0.25) is 0 Å². The van der Waals surface area contributed by atoms with Crippen molar-refractivity contribution < 1.29 is 27.7 Å². The van der Waals surface area contributed by atoms with Crippen molar-refractivity contribution in [3.8, 4) is 11.5 Å². The summed E-state index contributed by atoms with van der Waals surface area (Å²) in [5, 5.41) is 5.34. The number of hydrogen-bond donors (Lipinski definition) is 2. The van der Waals surface area contributed by atoms with Crippen molar-refractivity contribution >= 4 is 19.5 Å². The summed E-state index contributed by atoms with van der Waals surface area (Å²) >= 11 is 0. The van der Waals surface area contributed by atoms with Crippen LogP contribution in [0.25, 0.3) is 0 Å². The molecule has 9 heteroatoms. The maximum absolute atomic E-state index is 14.2. The quantitative estimate of drug-likeness (QED) is 0.314. The topological polar surface area (TPSA) is 76.7 Å². The first-order valence-electron chi connectivity index (χ1n) is 11.5. The number of carbonyl (C=O) groups excluding carboxylic acids is 2. The summed E-state index contributed by atoms with van der Waals surface area (Å²) in [5.74, 6) is -2.15. The normalized spacial score (nSPS) is 10.3. The van der Waals surface area contributed by atoms with E-state index >= 15 is 0 Å². The van der Waals surface area contributed by atoms with Gasteiger partial charge in [0.25, 0.3) is 11.8 Å². The van der Waals surface area contributed by atoms with E-state index in [1.165, 1.54) is 24.3 Å². The standard InChI is InChI=1S/C28H23BF2N2O4/c30-25-13-11-21(15-23(25)27(34)32-17-19-7-3-1-4-8-19)36-29-37-22-12-14-26(31)24(16-22)28(35)33-18-20-9-5-2-6-10-20/h1-16,29H,17-18H2,(H,32,34)(H,33,35). The van der Waals surface area contributed by atoms with E-state index in [1.807, 2.05) is 60.7 Å². The predicted molar refractivity (Wildman–Crippen MR) is 136 cm³/mol. The molecular weight excluding hydrogens is 477 g/mol. The molecule has 0 bridgehead atoms. The smallest absolute Gasteiger partial charge is 0.528 e. The first-order valence-corrected chi connectivity index (χ1v) is 11.5. The fraction of sp³-hybridized carbons (Fsp3) is 0.0714. The van der Waals surface area contributed by atoms with Crippen molar-refractivity contribution in [3.05, 3.63) is 131 Å². The van der Waals surface area contributed by atoms with E-state index in [4.69, 9.17) is 9.31 Å². The van der Waals surface area contributed by atoms with Gasteiger partial charge >= 0.3 is 7.69 Å². The molecule has 6 nitrogen and oxygen atoms in total. The average molecular weight is 500 g/mol. The van der Waals surface area contributed by atoms with Crippen molar-refractivity contribution in [2.45, 2.75) is 13.1 Å². The van der Waals surface area contributed by atoms with Crippen molar-refractivity contribution in [1.82, 2.24) is 10.6 Å². The highest BCUT2D eigenvalue weighted by Gasteiger charge is 2.15. The summed E-state index contributed by atoms with van der Waals surface area (Å²) in [6.07, 6.45) is 0. The Hall–Kier alpha value is -4.66. The Balaban J connectivity index is 1.32. The van der Waals surface area contributed by atoms with Gasteiger partial charge in [0, 0.05) is 13.1 Å². The number of amides is 2. The van der Waals surface area contributed by atoms with E-state index in [1.54, 1.807) is 0 Å². The molecular formula is C28H23BF2N2O4. The fourth-order valence-corrected chi connectivity index (χ4v) is 3.45. The Morgan fingerprint density at radius 1 is 0.622 bits per heavy atom. The fourth-order valence-electron chi connectivity index (χ4n) is 3.45. The van der Waals surface area contributed by atoms with Crippen LogP contribution < -0.4 is 19.9 Å². The summed E-state index contributed by atoms with van der Waals surface area (Å²) in [7, 11) is -0.312. The third kappa shape index (κ3) is 7.17. The molecule has 0 spiro atoms. The first-order chi connectivity index (χ1) is 18.0. The van der Waals surface area contributed by atoms with Crippen molar-refractivity contribution in [3.63, 3.8) is 0 Å². The maximum atomic E-state index is 14.2. The second-order valence-corrected chi connectivity index (χ2v) is 8.03. The van der Waals surface area contributed by atoms with Crippen molar-refractivity contribution in [2.24, 2.45) is 0 Å².